The van der Waals surface area contributed by atoms with Crippen molar-refractivity contribution in [1.82, 2.24) is 4.90 Å². The first-order valence-corrected chi connectivity index (χ1v) is 7.82. The third-order valence-corrected chi connectivity index (χ3v) is 4.13. The van der Waals surface area contributed by atoms with Crippen LogP contribution in [0.3, 0.4) is 0 Å². The van der Waals surface area contributed by atoms with Crippen LogP contribution >= 0.6 is 11.3 Å². The highest BCUT2D eigenvalue weighted by Gasteiger charge is 2.27. The highest BCUT2D eigenvalue weighted by atomic mass is 32.1. The molecule has 0 aliphatic carbocycles. The maximum atomic E-state index is 10.0. The van der Waals surface area contributed by atoms with Crippen LogP contribution < -0.4 is 0 Å². The Morgan fingerprint density at radius 2 is 2.47 bits per heavy atom. The fourth-order valence-electron chi connectivity index (χ4n) is 2.53. The Morgan fingerprint density at radius 1 is 1.63 bits per heavy atom. The van der Waals surface area contributed by atoms with E-state index in [1.165, 1.54) is 5.56 Å². The van der Waals surface area contributed by atoms with Crippen LogP contribution in [0, 0.1) is 0 Å². The van der Waals surface area contributed by atoms with E-state index in [-0.39, 0.29) is 18.3 Å². The van der Waals surface area contributed by atoms with Gasteiger partial charge in [0.05, 0.1) is 18.3 Å². The average molecular weight is 281 g/mol. The molecule has 106 valence electrons. The minimum Gasteiger partial charge on any atom is -0.392 e. The first-order valence-electron chi connectivity index (χ1n) is 6.88. The van der Waals surface area contributed by atoms with Crippen LogP contribution in [-0.2, 0) is 4.74 Å². The molecule has 2 rings (SSSR count). The van der Waals surface area contributed by atoms with Gasteiger partial charge in [0.2, 0.25) is 0 Å². The van der Waals surface area contributed by atoms with Crippen molar-refractivity contribution in [2.75, 3.05) is 19.6 Å². The third kappa shape index (κ3) is 4.42. The summed E-state index contributed by atoms with van der Waals surface area (Å²) in [4.78, 5) is 2.31. The Balaban J connectivity index is 1.89. The molecule has 2 heterocycles. The molecule has 1 aliphatic rings. The lowest BCUT2D eigenvalue weighted by Crippen LogP contribution is -2.45. The Kier molecular flexibility index (Phi) is 5.58. The molecule has 3 atom stereocenters. The second kappa shape index (κ2) is 7.20. The molecule has 0 saturated carbocycles. The van der Waals surface area contributed by atoms with Crippen molar-refractivity contribution < 1.29 is 9.84 Å². The van der Waals surface area contributed by atoms with Crippen LogP contribution in [0.5, 0.6) is 0 Å². The van der Waals surface area contributed by atoms with Gasteiger partial charge in [-0.3, -0.25) is 4.90 Å². The van der Waals surface area contributed by atoms with Gasteiger partial charge in [-0.1, -0.05) is 6.08 Å². The van der Waals surface area contributed by atoms with Gasteiger partial charge in [-0.25, -0.2) is 0 Å². The lowest BCUT2D eigenvalue weighted by atomic mass is 10.1. The SMILES string of the molecule is C=CCC[C@H](O)CN1C[C@@H](C)O[C@@H](c2ccsc2)C1. The van der Waals surface area contributed by atoms with Gasteiger partial charge < -0.3 is 9.84 Å². The van der Waals surface area contributed by atoms with Gasteiger partial charge in [-0.05, 0) is 42.2 Å². The topological polar surface area (TPSA) is 32.7 Å². The molecule has 0 spiro atoms. The van der Waals surface area contributed by atoms with Gasteiger partial charge in [0.1, 0.15) is 0 Å². The minimum absolute atomic E-state index is 0.140. The summed E-state index contributed by atoms with van der Waals surface area (Å²) >= 11 is 1.70. The van der Waals surface area contributed by atoms with Gasteiger partial charge in [0.25, 0.3) is 0 Å². The second-order valence-electron chi connectivity index (χ2n) is 5.23. The molecule has 1 aliphatic heterocycles. The molecular formula is C15H23NO2S. The van der Waals surface area contributed by atoms with E-state index in [4.69, 9.17) is 4.74 Å². The molecule has 0 bridgehead atoms. The fraction of sp³-hybridized carbons (Fsp3) is 0.600. The number of morpholine rings is 1. The summed E-state index contributed by atoms with van der Waals surface area (Å²) in [5.74, 6) is 0. The van der Waals surface area contributed by atoms with E-state index in [1.807, 2.05) is 6.08 Å². The summed E-state index contributed by atoms with van der Waals surface area (Å²) in [6.45, 7) is 8.28. The van der Waals surface area contributed by atoms with E-state index >= 15 is 0 Å². The number of ether oxygens (including phenoxy) is 1. The van der Waals surface area contributed by atoms with Crippen molar-refractivity contribution in [2.45, 2.75) is 38.1 Å². The minimum atomic E-state index is -0.272. The maximum Gasteiger partial charge on any atom is 0.0964 e. The van der Waals surface area contributed by atoms with Crippen LogP contribution in [0.4, 0.5) is 0 Å². The van der Waals surface area contributed by atoms with Crippen molar-refractivity contribution in [3.05, 3.63) is 35.0 Å². The zero-order valence-electron chi connectivity index (χ0n) is 11.5. The van der Waals surface area contributed by atoms with Gasteiger partial charge in [-0.2, -0.15) is 11.3 Å². The second-order valence-corrected chi connectivity index (χ2v) is 6.01. The number of β-amino-alcohol motifs (C(OH)–C–C–N with tert-alkyl or cyclic N) is 1. The number of aliphatic hydroxyl groups is 1. The number of nitrogens with zero attached hydrogens (tertiary/aromatic N) is 1. The summed E-state index contributed by atoms with van der Waals surface area (Å²) in [7, 11) is 0. The van der Waals surface area contributed by atoms with Crippen LogP contribution in [0.2, 0.25) is 0 Å². The molecule has 4 heteroatoms. The molecule has 1 saturated heterocycles. The van der Waals surface area contributed by atoms with Crippen LogP contribution in [0.15, 0.2) is 29.5 Å². The number of hydrogen-bond donors (Lipinski definition) is 1. The number of hydrogen-bond acceptors (Lipinski definition) is 4. The largest absolute Gasteiger partial charge is 0.392 e. The lowest BCUT2D eigenvalue weighted by Gasteiger charge is -2.37. The van der Waals surface area contributed by atoms with Crippen LogP contribution in [-0.4, -0.2) is 41.8 Å². The van der Waals surface area contributed by atoms with Crippen LogP contribution in [0.1, 0.15) is 31.4 Å². The summed E-state index contributed by atoms with van der Waals surface area (Å²) < 4.78 is 5.99. The first-order chi connectivity index (χ1) is 9.19. The van der Waals surface area contributed by atoms with E-state index in [2.05, 4.69) is 35.2 Å². The molecule has 1 aromatic heterocycles. The quantitative estimate of drug-likeness (QED) is 0.814. The predicted molar refractivity (Wildman–Crippen MR) is 79.5 cm³/mol. The Morgan fingerprint density at radius 3 is 3.16 bits per heavy atom. The van der Waals surface area contributed by atoms with Crippen molar-refractivity contribution in [3.63, 3.8) is 0 Å². The van der Waals surface area contributed by atoms with E-state index in [9.17, 15) is 5.11 Å². The molecule has 0 amide bonds. The third-order valence-electron chi connectivity index (χ3n) is 3.42. The molecule has 1 fully saturated rings. The predicted octanol–water partition coefficient (Wildman–Crippen LogP) is 2.84. The number of aliphatic hydroxyl groups excluding tert-OH is 1. The van der Waals surface area contributed by atoms with Gasteiger partial charge in [-0.15, -0.1) is 6.58 Å². The molecule has 1 aromatic rings. The molecule has 0 unspecified atom stereocenters. The Hall–Kier alpha value is -0.680. The molecule has 0 radical (unpaired) electrons. The van der Waals surface area contributed by atoms with E-state index in [0.29, 0.717) is 0 Å². The van der Waals surface area contributed by atoms with Crippen LogP contribution in [0.25, 0.3) is 0 Å². The van der Waals surface area contributed by atoms with Gasteiger partial charge in [0, 0.05) is 19.6 Å². The Labute approximate surface area is 119 Å². The number of rotatable bonds is 6. The number of allylic oxidation sites excluding steroid dienone is 1. The van der Waals surface area contributed by atoms with Crippen molar-refractivity contribution >= 4 is 11.3 Å². The normalized spacial score (nSPS) is 26.2. The maximum absolute atomic E-state index is 10.0. The summed E-state index contributed by atoms with van der Waals surface area (Å²) in [6, 6.07) is 2.12. The van der Waals surface area contributed by atoms with Gasteiger partial charge >= 0.3 is 0 Å². The summed E-state index contributed by atoms with van der Waals surface area (Å²) in [5.41, 5.74) is 1.25. The van der Waals surface area contributed by atoms with Crippen molar-refractivity contribution in [3.8, 4) is 0 Å². The highest BCUT2D eigenvalue weighted by molar-refractivity contribution is 7.07. The summed E-state index contributed by atoms with van der Waals surface area (Å²) in [6.07, 6.45) is 3.60. The molecule has 19 heavy (non-hydrogen) atoms. The monoisotopic (exact) mass is 281 g/mol. The van der Waals surface area contributed by atoms with Gasteiger partial charge in [0.15, 0.2) is 0 Å². The number of thiophene rings is 1. The lowest BCUT2D eigenvalue weighted by molar-refractivity contribution is -0.0868. The molecule has 1 N–H and O–H groups in total. The first kappa shape index (κ1) is 14.7. The van der Waals surface area contributed by atoms with Crippen molar-refractivity contribution in [1.29, 1.82) is 0 Å². The van der Waals surface area contributed by atoms with E-state index in [1.54, 1.807) is 11.3 Å². The zero-order chi connectivity index (χ0) is 13.7. The van der Waals surface area contributed by atoms with E-state index < -0.39 is 0 Å². The smallest absolute Gasteiger partial charge is 0.0964 e. The fourth-order valence-corrected chi connectivity index (χ4v) is 3.23. The van der Waals surface area contributed by atoms with Crippen molar-refractivity contribution in [2.24, 2.45) is 0 Å². The standard InChI is InChI=1S/C15H23NO2S/c1-3-4-5-14(17)9-16-8-12(2)18-15(10-16)13-6-7-19-11-13/h3,6-7,11-12,14-15,17H,1,4-5,8-10H2,2H3/t12-,14+,15-/m1/s1. The molecule has 3 nitrogen and oxygen atoms in total. The Bertz CT molecular complexity index is 380. The average Bonchev–Trinajstić information content (AvgIpc) is 2.89. The molecular weight excluding hydrogens is 258 g/mol. The zero-order valence-corrected chi connectivity index (χ0v) is 12.3. The molecule has 0 aromatic carbocycles. The highest BCUT2D eigenvalue weighted by Crippen LogP contribution is 2.26. The summed E-state index contributed by atoms with van der Waals surface area (Å²) in [5, 5.41) is 14.2. The van der Waals surface area contributed by atoms with E-state index in [0.717, 1.165) is 32.5 Å².